The lowest BCUT2D eigenvalue weighted by molar-refractivity contribution is -0.136. The van der Waals surface area contributed by atoms with Crippen molar-refractivity contribution in [3.8, 4) is 0 Å². The zero-order valence-electron chi connectivity index (χ0n) is 14.6. The molecule has 3 rings (SSSR count). The molecule has 26 heavy (non-hydrogen) atoms. The molecule has 2 aliphatic rings. The number of carbonyl (C=O) groups excluding carboxylic acids is 1. The van der Waals surface area contributed by atoms with Crippen molar-refractivity contribution >= 4 is 39.6 Å². The first-order valence-electron chi connectivity index (χ1n) is 8.72. The summed E-state index contributed by atoms with van der Waals surface area (Å²) < 4.78 is 6.28. The van der Waals surface area contributed by atoms with Gasteiger partial charge in [0.15, 0.2) is 0 Å². The number of nitrogens with one attached hydrogen (secondary N) is 1. The van der Waals surface area contributed by atoms with Gasteiger partial charge in [-0.1, -0.05) is 5.16 Å². The summed E-state index contributed by atoms with van der Waals surface area (Å²) in [6.07, 6.45) is 1.23. The number of ether oxygens (including phenoxy) is 1. The van der Waals surface area contributed by atoms with Crippen molar-refractivity contribution < 1.29 is 14.7 Å². The van der Waals surface area contributed by atoms with Crippen molar-refractivity contribution in [2.45, 2.75) is 0 Å². The van der Waals surface area contributed by atoms with E-state index in [2.05, 4.69) is 36.2 Å². The summed E-state index contributed by atoms with van der Waals surface area (Å²) in [6, 6.07) is 5.92. The maximum absolute atomic E-state index is 12.4. The summed E-state index contributed by atoms with van der Waals surface area (Å²) in [4.78, 5) is 18.8. The first kappa shape index (κ1) is 18.9. The maximum atomic E-state index is 12.4. The van der Waals surface area contributed by atoms with Crippen LogP contribution in [0.4, 0.5) is 11.4 Å². The second kappa shape index (κ2) is 9.20. The van der Waals surface area contributed by atoms with Crippen molar-refractivity contribution in [3.63, 3.8) is 0 Å². The second-order valence-corrected chi connectivity index (χ2v) is 7.17. The molecule has 1 aromatic rings. The molecular weight excluding hydrogens is 402 g/mol. The lowest BCUT2D eigenvalue weighted by Crippen LogP contribution is -2.51. The van der Waals surface area contributed by atoms with Crippen LogP contribution >= 0.6 is 15.9 Å². The number of benzene rings is 1. The minimum Gasteiger partial charge on any atom is -0.410 e. The number of morpholine rings is 1. The van der Waals surface area contributed by atoms with Crippen molar-refractivity contribution in [1.82, 2.24) is 9.80 Å². The Labute approximate surface area is 161 Å². The van der Waals surface area contributed by atoms with E-state index in [1.807, 2.05) is 23.1 Å². The lowest BCUT2D eigenvalue weighted by Gasteiger charge is -2.37. The van der Waals surface area contributed by atoms with Crippen LogP contribution in [-0.2, 0) is 9.53 Å². The number of nitrogens with zero attached hydrogens (tertiary/aromatic N) is 4. The molecule has 0 unspecified atom stereocenters. The van der Waals surface area contributed by atoms with Gasteiger partial charge < -0.3 is 25.1 Å². The number of amides is 1. The summed E-state index contributed by atoms with van der Waals surface area (Å²) in [5, 5.41) is 14.3. The van der Waals surface area contributed by atoms with Gasteiger partial charge in [-0.15, -0.1) is 0 Å². The standard InChI is InChI=1S/C17H24BrN5O3/c18-15-11-14(19-13-20-25)1-2-16(15)22-5-3-21(4-6-22)12-17(24)23-7-9-26-10-8-23/h1-2,11,13,25H,3-10,12H2,(H,19,20). The number of piperazine rings is 1. The Morgan fingerprint density at radius 2 is 1.96 bits per heavy atom. The Kier molecular flexibility index (Phi) is 6.70. The van der Waals surface area contributed by atoms with Crippen LogP contribution in [0, 0.1) is 0 Å². The normalized spacial score (nSPS) is 19.1. The maximum Gasteiger partial charge on any atom is 0.236 e. The summed E-state index contributed by atoms with van der Waals surface area (Å²) >= 11 is 3.61. The minimum absolute atomic E-state index is 0.198. The predicted octanol–water partition coefficient (Wildman–Crippen LogP) is 1.26. The van der Waals surface area contributed by atoms with E-state index in [4.69, 9.17) is 9.94 Å². The number of oxime groups is 1. The van der Waals surface area contributed by atoms with E-state index in [0.717, 1.165) is 42.0 Å². The third-order valence-electron chi connectivity index (χ3n) is 4.67. The van der Waals surface area contributed by atoms with Crippen LogP contribution in [0.1, 0.15) is 0 Å². The SMILES string of the molecule is O=C(CN1CCN(c2ccc(N/C=N/O)cc2Br)CC1)N1CCOCC1. The highest BCUT2D eigenvalue weighted by molar-refractivity contribution is 9.10. The highest BCUT2D eigenvalue weighted by Gasteiger charge is 2.23. The van der Waals surface area contributed by atoms with Crippen LogP contribution in [0.3, 0.4) is 0 Å². The number of carbonyl (C=O) groups is 1. The smallest absolute Gasteiger partial charge is 0.236 e. The fraction of sp³-hybridized carbons (Fsp3) is 0.529. The van der Waals surface area contributed by atoms with Gasteiger partial charge in [0.05, 0.1) is 25.4 Å². The van der Waals surface area contributed by atoms with Crippen LogP contribution in [0.2, 0.25) is 0 Å². The van der Waals surface area contributed by atoms with Crippen molar-refractivity contribution in [1.29, 1.82) is 0 Å². The Balaban J connectivity index is 1.51. The van der Waals surface area contributed by atoms with Gasteiger partial charge in [-0.2, -0.15) is 0 Å². The predicted molar refractivity (Wildman–Crippen MR) is 104 cm³/mol. The molecule has 2 fully saturated rings. The topological polar surface area (TPSA) is 80.6 Å². The van der Waals surface area contributed by atoms with Gasteiger partial charge in [0.2, 0.25) is 5.91 Å². The van der Waals surface area contributed by atoms with Crippen LogP contribution < -0.4 is 10.2 Å². The number of rotatable bonds is 5. The lowest BCUT2D eigenvalue weighted by atomic mass is 10.2. The third kappa shape index (κ3) is 4.87. The first-order chi connectivity index (χ1) is 12.7. The fourth-order valence-electron chi connectivity index (χ4n) is 3.21. The first-order valence-corrected chi connectivity index (χ1v) is 9.51. The molecule has 0 atom stereocenters. The van der Waals surface area contributed by atoms with Gasteiger partial charge >= 0.3 is 0 Å². The summed E-state index contributed by atoms with van der Waals surface area (Å²) in [5.41, 5.74) is 1.96. The van der Waals surface area contributed by atoms with Crippen molar-refractivity contribution in [2.24, 2.45) is 5.16 Å². The number of hydrogen-bond donors (Lipinski definition) is 2. The molecule has 0 saturated carbocycles. The van der Waals surface area contributed by atoms with Crippen molar-refractivity contribution in [3.05, 3.63) is 22.7 Å². The second-order valence-electron chi connectivity index (χ2n) is 6.31. The largest absolute Gasteiger partial charge is 0.410 e. The van der Waals surface area contributed by atoms with Gasteiger partial charge in [-0.25, -0.2) is 0 Å². The molecule has 0 aliphatic carbocycles. The Morgan fingerprint density at radius 3 is 2.62 bits per heavy atom. The molecule has 2 N–H and O–H groups in total. The van der Waals surface area contributed by atoms with Crippen molar-refractivity contribution in [2.75, 3.05) is 69.2 Å². The van der Waals surface area contributed by atoms with Gasteiger partial charge in [0.25, 0.3) is 0 Å². The molecule has 0 aromatic heterocycles. The van der Waals surface area contributed by atoms with Gasteiger partial charge in [-0.3, -0.25) is 9.69 Å². The van der Waals surface area contributed by atoms with Gasteiger partial charge in [-0.05, 0) is 34.1 Å². The van der Waals surface area contributed by atoms with Crippen LogP contribution in [0.25, 0.3) is 0 Å². The van der Waals surface area contributed by atoms with Crippen LogP contribution in [0.15, 0.2) is 27.8 Å². The molecule has 2 heterocycles. The average Bonchev–Trinajstić information content (AvgIpc) is 2.68. The number of hydrogen-bond acceptors (Lipinski definition) is 6. The highest BCUT2D eigenvalue weighted by atomic mass is 79.9. The van der Waals surface area contributed by atoms with E-state index in [-0.39, 0.29) is 5.91 Å². The highest BCUT2D eigenvalue weighted by Crippen LogP contribution is 2.29. The molecule has 2 saturated heterocycles. The molecule has 2 aliphatic heterocycles. The molecule has 0 bridgehead atoms. The quantitative estimate of drug-likeness (QED) is 0.320. The number of halogens is 1. The Hall–Kier alpha value is -1.84. The molecule has 142 valence electrons. The molecule has 1 amide bonds. The third-order valence-corrected chi connectivity index (χ3v) is 5.31. The zero-order chi connectivity index (χ0) is 18.4. The van der Waals surface area contributed by atoms with E-state index < -0.39 is 0 Å². The van der Waals surface area contributed by atoms with Crippen LogP contribution in [-0.4, -0.2) is 86.3 Å². The average molecular weight is 426 g/mol. The van der Waals surface area contributed by atoms with Gasteiger partial charge in [0, 0.05) is 49.4 Å². The molecule has 1 aromatic carbocycles. The molecule has 9 heteroatoms. The molecule has 0 radical (unpaired) electrons. The summed E-state index contributed by atoms with van der Waals surface area (Å²) in [6.45, 7) is 6.64. The van der Waals surface area contributed by atoms with E-state index >= 15 is 0 Å². The minimum atomic E-state index is 0.198. The zero-order valence-corrected chi connectivity index (χ0v) is 16.2. The summed E-state index contributed by atoms with van der Waals surface area (Å²) in [5.74, 6) is 0.198. The fourth-order valence-corrected chi connectivity index (χ4v) is 3.84. The van der Waals surface area contributed by atoms with E-state index in [9.17, 15) is 4.79 Å². The van der Waals surface area contributed by atoms with E-state index in [0.29, 0.717) is 32.8 Å². The Morgan fingerprint density at radius 1 is 1.23 bits per heavy atom. The number of anilines is 2. The van der Waals surface area contributed by atoms with Gasteiger partial charge in [0.1, 0.15) is 6.34 Å². The summed E-state index contributed by atoms with van der Waals surface area (Å²) in [7, 11) is 0. The van der Waals surface area contributed by atoms with E-state index in [1.165, 1.54) is 6.34 Å². The Bertz CT molecular complexity index is 643. The van der Waals surface area contributed by atoms with E-state index in [1.54, 1.807) is 0 Å². The molecular formula is C17H24BrN5O3. The molecule has 0 spiro atoms. The molecule has 8 nitrogen and oxygen atoms in total. The monoisotopic (exact) mass is 425 g/mol. The van der Waals surface area contributed by atoms with Crippen LogP contribution in [0.5, 0.6) is 0 Å².